The standard InChI is InChI=1S/C15H21N5O4/c1-19-6-12(5-17-19)24-14-9-23-8-13(14)18-15(21)10-22-7-11-3-4-16-20(11)2/h3-6,13-14H,7-10H2,1-2H3,(H,18,21)/t13-,14+/m0/s1. The van der Waals surface area contributed by atoms with E-state index in [2.05, 4.69) is 15.5 Å². The van der Waals surface area contributed by atoms with Crippen LogP contribution in [0.2, 0.25) is 0 Å². The molecule has 9 heteroatoms. The van der Waals surface area contributed by atoms with Crippen molar-refractivity contribution in [2.75, 3.05) is 19.8 Å². The smallest absolute Gasteiger partial charge is 0.246 e. The summed E-state index contributed by atoms with van der Waals surface area (Å²) in [7, 11) is 3.64. The van der Waals surface area contributed by atoms with E-state index in [1.54, 1.807) is 28.0 Å². The van der Waals surface area contributed by atoms with E-state index in [1.807, 2.05) is 20.2 Å². The molecule has 3 rings (SSSR count). The predicted octanol–water partition coefficient (Wildman–Crippen LogP) is -0.367. The fraction of sp³-hybridized carbons (Fsp3) is 0.533. The number of hydrogen-bond donors (Lipinski definition) is 1. The minimum Gasteiger partial charge on any atom is -0.482 e. The van der Waals surface area contributed by atoms with Gasteiger partial charge in [0, 0.05) is 20.3 Å². The zero-order valence-corrected chi connectivity index (χ0v) is 13.7. The summed E-state index contributed by atoms with van der Waals surface area (Å²) in [5.74, 6) is 0.451. The third kappa shape index (κ3) is 4.12. The third-order valence-electron chi connectivity index (χ3n) is 3.75. The van der Waals surface area contributed by atoms with E-state index in [0.717, 1.165) is 5.69 Å². The maximum atomic E-state index is 12.0. The Morgan fingerprint density at radius 1 is 1.42 bits per heavy atom. The van der Waals surface area contributed by atoms with Crippen molar-refractivity contribution in [2.24, 2.45) is 14.1 Å². The Bertz CT molecular complexity index is 683. The molecule has 1 fully saturated rings. The molecule has 2 aromatic rings. The van der Waals surface area contributed by atoms with Crippen molar-refractivity contribution in [1.29, 1.82) is 0 Å². The molecule has 2 atom stereocenters. The maximum Gasteiger partial charge on any atom is 0.246 e. The quantitative estimate of drug-likeness (QED) is 0.742. The van der Waals surface area contributed by atoms with E-state index in [0.29, 0.717) is 25.6 Å². The molecular formula is C15H21N5O4. The van der Waals surface area contributed by atoms with Gasteiger partial charge in [0.15, 0.2) is 5.75 Å². The second kappa shape index (κ2) is 7.45. The molecule has 3 heterocycles. The lowest BCUT2D eigenvalue weighted by atomic mass is 10.2. The molecule has 1 aliphatic heterocycles. The number of nitrogens with one attached hydrogen (secondary N) is 1. The van der Waals surface area contributed by atoms with Gasteiger partial charge in [-0.3, -0.25) is 14.2 Å². The number of amides is 1. The number of carbonyl (C=O) groups is 1. The first-order valence-electron chi connectivity index (χ1n) is 7.69. The van der Waals surface area contributed by atoms with Gasteiger partial charge in [-0.25, -0.2) is 0 Å². The van der Waals surface area contributed by atoms with Gasteiger partial charge in [-0.15, -0.1) is 0 Å². The molecule has 24 heavy (non-hydrogen) atoms. The molecule has 1 N–H and O–H groups in total. The van der Waals surface area contributed by atoms with Gasteiger partial charge in [0.2, 0.25) is 5.91 Å². The Kier molecular flexibility index (Phi) is 5.11. The van der Waals surface area contributed by atoms with Crippen LogP contribution in [0.5, 0.6) is 5.75 Å². The van der Waals surface area contributed by atoms with Crippen molar-refractivity contribution in [3.05, 3.63) is 30.4 Å². The molecular weight excluding hydrogens is 314 g/mol. The van der Waals surface area contributed by atoms with Crippen molar-refractivity contribution in [3.8, 4) is 5.75 Å². The van der Waals surface area contributed by atoms with E-state index in [4.69, 9.17) is 14.2 Å². The molecule has 1 saturated heterocycles. The molecule has 1 aliphatic rings. The Labute approximate surface area is 139 Å². The van der Waals surface area contributed by atoms with Gasteiger partial charge in [-0.1, -0.05) is 0 Å². The van der Waals surface area contributed by atoms with Crippen molar-refractivity contribution < 1.29 is 19.0 Å². The Morgan fingerprint density at radius 2 is 2.29 bits per heavy atom. The highest BCUT2D eigenvalue weighted by Crippen LogP contribution is 2.16. The van der Waals surface area contributed by atoms with E-state index in [-0.39, 0.29) is 24.7 Å². The number of aromatic nitrogens is 4. The number of aryl methyl sites for hydroxylation is 2. The molecule has 0 bridgehead atoms. The van der Waals surface area contributed by atoms with Crippen molar-refractivity contribution in [1.82, 2.24) is 24.9 Å². The van der Waals surface area contributed by atoms with Crippen molar-refractivity contribution in [3.63, 3.8) is 0 Å². The topological polar surface area (TPSA) is 92.4 Å². The SMILES string of the molecule is Cn1cc(O[C@@H]2COC[C@@H]2NC(=O)COCc2ccnn2C)cn1. The highest BCUT2D eigenvalue weighted by molar-refractivity contribution is 5.77. The van der Waals surface area contributed by atoms with E-state index >= 15 is 0 Å². The van der Waals surface area contributed by atoms with Gasteiger partial charge in [0.25, 0.3) is 0 Å². The number of nitrogens with zero attached hydrogens (tertiary/aromatic N) is 4. The fourth-order valence-electron chi connectivity index (χ4n) is 2.46. The van der Waals surface area contributed by atoms with Gasteiger partial charge in [-0.05, 0) is 6.07 Å². The Balaban J connectivity index is 1.43. The Hall–Kier alpha value is -2.39. The van der Waals surface area contributed by atoms with Gasteiger partial charge in [0.1, 0.15) is 12.7 Å². The van der Waals surface area contributed by atoms with Crippen LogP contribution >= 0.6 is 0 Å². The summed E-state index contributed by atoms with van der Waals surface area (Å²) in [5, 5.41) is 11.0. The first-order valence-corrected chi connectivity index (χ1v) is 7.69. The third-order valence-corrected chi connectivity index (χ3v) is 3.75. The summed E-state index contributed by atoms with van der Waals surface area (Å²) in [6, 6.07) is 1.64. The number of hydrogen-bond acceptors (Lipinski definition) is 6. The van der Waals surface area contributed by atoms with Crippen molar-refractivity contribution in [2.45, 2.75) is 18.8 Å². The second-order valence-corrected chi connectivity index (χ2v) is 5.66. The molecule has 1 amide bonds. The average Bonchev–Trinajstić information content (AvgIpc) is 3.25. The monoisotopic (exact) mass is 335 g/mol. The van der Waals surface area contributed by atoms with Crippen LogP contribution in [0.25, 0.3) is 0 Å². The van der Waals surface area contributed by atoms with Gasteiger partial charge < -0.3 is 19.5 Å². The van der Waals surface area contributed by atoms with Crippen LogP contribution in [0, 0.1) is 0 Å². The second-order valence-electron chi connectivity index (χ2n) is 5.66. The number of ether oxygens (including phenoxy) is 3. The van der Waals surface area contributed by atoms with E-state index < -0.39 is 0 Å². The molecule has 0 aromatic carbocycles. The summed E-state index contributed by atoms with van der Waals surface area (Å²) in [6.45, 7) is 1.15. The average molecular weight is 335 g/mol. The van der Waals surface area contributed by atoms with Crippen LogP contribution in [-0.4, -0.2) is 57.4 Å². The molecule has 2 aromatic heterocycles. The van der Waals surface area contributed by atoms with Gasteiger partial charge >= 0.3 is 0 Å². The van der Waals surface area contributed by atoms with Crippen LogP contribution in [0.1, 0.15) is 5.69 Å². The minimum atomic E-state index is -0.241. The molecule has 0 radical (unpaired) electrons. The summed E-state index contributed by atoms with van der Waals surface area (Å²) in [5.41, 5.74) is 0.907. The highest BCUT2D eigenvalue weighted by Gasteiger charge is 2.31. The zero-order valence-electron chi connectivity index (χ0n) is 13.7. The molecule has 0 aliphatic carbocycles. The molecule has 0 unspecified atom stereocenters. The predicted molar refractivity (Wildman–Crippen MR) is 83.2 cm³/mol. The Morgan fingerprint density at radius 3 is 3.00 bits per heavy atom. The highest BCUT2D eigenvalue weighted by atomic mass is 16.5. The number of rotatable bonds is 7. The van der Waals surface area contributed by atoms with Gasteiger partial charge in [-0.2, -0.15) is 10.2 Å². The fourth-order valence-corrected chi connectivity index (χ4v) is 2.46. The van der Waals surface area contributed by atoms with Crippen LogP contribution < -0.4 is 10.1 Å². The van der Waals surface area contributed by atoms with Gasteiger partial charge in [0.05, 0.1) is 44.0 Å². The first kappa shape index (κ1) is 16.5. The van der Waals surface area contributed by atoms with E-state index in [1.165, 1.54) is 0 Å². The lowest BCUT2D eigenvalue weighted by Crippen LogP contribution is -2.46. The van der Waals surface area contributed by atoms with Crippen molar-refractivity contribution >= 4 is 5.91 Å². The molecule has 0 spiro atoms. The summed E-state index contributed by atoms with van der Waals surface area (Å²) in [6.07, 6.45) is 4.85. The maximum absolute atomic E-state index is 12.0. The lowest BCUT2D eigenvalue weighted by molar-refractivity contribution is -0.127. The molecule has 0 saturated carbocycles. The zero-order chi connectivity index (χ0) is 16.9. The van der Waals surface area contributed by atoms with Crippen LogP contribution in [0.4, 0.5) is 0 Å². The summed E-state index contributed by atoms with van der Waals surface area (Å²) in [4.78, 5) is 12.0. The number of carbonyl (C=O) groups excluding carboxylic acids is 1. The largest absolute Gasteiger partial charge is 0.482 e. The minimum absolute atomic E-state index is 0.0265. The first-order chi connectivity index (χ1) is 11.6. The normalized spacial score (nSPS) is 20.2. The van der Waals surface area contributed by atoms with Crippen LogP contribution in [0.15, 0.2) is 24.7 Å². The van der Waals surface area contributed by atoms with Crippen LogP contribution in [-0.2, 0) is 35.0 Å². The van der Waals surface area contributed by atoms with Crippen LogP contribution in [0.3, 0.4) is 0 Å². The molecule has 130 valence electrons. The van der Waals surface area contributed by atoms with E-state index in [9.17, 15) is 4.79 Å². The molecule has 9 nitrogen and oxygen atoms in total. The lowest BCUT2D eigenvalue weighted by Gasteiger charge is -2.19. The summed E-state index contributed by atoms with van der Waals surface area (Å²) >= 11 is 0. The summed E-state index contributed by atoms with van der Waals surface area (Å²) < 4.78 is 20.0.